The lowest BCUT2D eigenvalue weighted by Gasteiger charge is -2.15. The zero-order chi connectivity index (χ0) is 23.3. The molecule has 1 fully saturated rings. The maximum Gasteiger partial charge on any atom is 0.417 e. The number of alkyl halides is 3. The summed E-state index contributed by atoms with van der Waals surface area (Å²) in [5.41, 5.74) is -0.109. The average molecular weight is 459 g/mol. The number of benzene rings is 1. The third kappa shape index (κ3) is 6.13. The van der Waals surface area contributed by atoms with Gasteiger partial charge in [-0.2, -0.15) is 13.2 Å². The molecule has 4 rings (SSSR count). The van der Waals surface area contributed by atoms with Gasteiger partial charge in [0.1, 0.15) is 24.7 Å². The molecule has 0 saturated carbocycles. The van der Waals surface area contributed by atoms with Crippen molar-refractivity contribution in [3.8, 4) is 17.2 Å². The number of halogens is 3. The van der Waals surface area contributed by atoms with E-state index in [1.807, 2.05) is 12.1 Å². The van der Waals surface area contributed by atoms with Crippen LogP contribution < -0.4 is 15.0 Å². The molecule has 0 unspecified atom stereocenters. The Morgan fingerprint density at radius 3 is 2.33 bits per heavy atom. The van der Waals surface area contributed by atoms with Crippen molar-refractivity contribution in [2.45, 2.75) is 25.6 Å². The molecule has 1 aromatic carbocycles. The smallest absolute Gasteiger partial charge is 0.417 e. The van der Waals surface area contributed by atoms with Gasteiger partial charge >= 0.3 is 6.18 Å². The lowest BCUT2D eigenvalue weighted by atomic mass is 10.2. The number of rotatable bonds is 8. The molecule has 0 bridgehead atoms. The van der Waals surface area contributed by atoms with Gasteiger partial charge in [0.05, 0.1) is 11.3 Å². The summed E-state index contributed by atoms with van der Waals surface area (Å²) in [6.07, 6.45) is 0.408. The zero-order valence-electron chi connectivity index (χ0n) is 17.9. The second kappa shape index (κ2) is 10.1. The van der Waals surface area contributed by atoms with E-state index < -0.39 is 11.7 Å². The highest BCUT2D eigenvalue weighted by atomic mass is 19.4. The molecule has 33 heavy (non-hydrogen) atoms. The van der Waals surface area contributed by atoms with Crippen molar-refractivity contribution in [1.29, 1.82) is 0 Å². The van der Waals surface area contributed by atoms with Crippen LogP contribution in [0.15, 0.2) is 65.7 Å². The lowest BCUT2D eigenvalue weighted by Crippen LogP contribution is -2.25. The van der Waals surface area contributed by atoms with Gasteiger partial charge in [-0.1, -0.05) is 0 Å². The van der Waals surface area contributed by atoms with E-state index in [2.05, 4.69) is 9.88 Å². The van der Waals surface area contributed by atoms with Gasteiger partial charge in [0.2, 0.25) is 0 Å². The molecule has 0 spiro atoms. The maximum atomic E-state index is 12.6. The van der Waals surface area contributed by atoms with Gasteiger partial charge in [-0.15, -0.1) is 0 Å². The summed E-state index contributed by atoms with van der Waals surface area (Å²) in [6.45, 7) is 3.74. The number of ether oxygens (including phenoxy) is 2. The first-order chi connectivity index (χ1) is 15.9. The second-order valence-electron chi connectivity index (χ2n) is 7.79. The molecule has 0 aliphatic carbocycles. The van der Waals surface area contributed by atoms with Crippen molar-refractivity contribution in [1.82, 2.24) is 14.5 Å². The third-order valence-corrected chi connectivity index (χ3v) is 5.42. The summed E-state index contributed by atoms with van der Waals surface area (Å²) >= 11 is 0. The number of likely N-dealkylation sites (tertiary alicyclic amines) is 1. The van der Waals surface area contributed by atoms with Crippen molar-refractivity contribution >= 4 is 0 Å². The molecule has 2 aromatic heterocycles. The minimum atomic E-state index is -4.44. The van der Waals surface area contributed by atoms with E-state index in [-0.39, 0.29) is 12.2 Å². The van der Waals surface area contributed by atoms with Gasteiger partial charge in [0.25, 0.3) is 5.56 Å². The number of aromatic nitrogens is 2. The van der Waals surface area contributed by atoms with Crippen LogP contribution in [0, 0.1) is 0 Å². The van der Waals surface area contributed by atoms with E-state index in [1.54, 1.807) is 24.4 Å². The van der Waals surface area contributed by atoms with Gasteiger partial charge in [0.15, 0.2) is 0 Å². The van der Waals surface area contributed by atoms with Crippen molar-refractivity contribution in [3.05, 3.63) is 82.5 Å². The van der Waals surface area contributed by atoms with E-state index in [1.165, 1.54) is 29.5 Å². The van der Waals surface area contributed by atoms with Crippen molar-refractivity contribution in [2.75, 3.05) is 26.2 Å². The van der Waals surface area contributed by atoms with E-state index in [0.29, 0.717) is 23.7 Å². The fraction of sp³-hybridized carbons (Fsp3) is 0.333. The van der Waals surface area contributed by atoms with E-state index in [9.17, 15) is 18.0 Å². The normalized spacial score (nSPS) is 14.4. The molecule has 0 atom stereocenters. The molecule has 1 aliphatic rings. The van der Waals surface area contributed by atoms with E-state index in [0.717, 1.165) is 37.6 Å². The first-order valence-corrected chi connectivity index (χ1v) is 10.7. The van der Waals surface area contributed by atoms with Crippen LogP contribution in [0.1, 0.15) is 24.1 Å². The summed E-state index contributed by atoms with van der Waals surface area (Å²) in [7, 11) is 0. The summed E-state index contributed by atoms with van der Waals surface area (Å²) in [4.78, 5) is 18.7. The molecule has 3 heterocycles. The Labute approximate surface area is 189 Å². The molecule has 0 amide bonds. The van der Waals surface area contributed by atoms with Crippen LogP contribution >= 0.6 is 0 Å². The molecule has 0 radical (unpaired) electrons. The molecule has 174 valence electrons. The summed E-state index contributed by atoms with van der Waals surface area (Å²) < 4.78 is 50.6. The van der Waals surface area contributed by atoms with E-state index >= 15 is 0 Å². The van der Waals surface area contributed by atoms with Crippen LogP contribution in [-0.2, 0) is 12.8 Å². The average Bonchev–Trinajstić information content (AvgIpc) is 3.32. The van der Waals surface area contributed by atoms with Crippen LogP contribution in [0.5, 0.6) is 11.5 Å². The minimum Gasteiger partial charge on any atom is -0.492 e. The lowest BCUT2D eigenvalue weighted by molar-refractivity contribution is -0.137. The zero-order valence-corrected chi connectivity index (χ0v) is 17.9. The Bertz CT molecular complexity index is 1110. The van der Waals surface area contributed by atoms with Crippen molar-refractivity contribution in [2.24, 2.45) is 0 Å². The maximum absolute atomic E-state index is 12.6. The van der Waals surface area contributed by atoms with Crippen LogP contribution in [0.4, 0.5) is 13.2 Å². The Morgan fingerprint density at radius 1 is 0.939 bits per heavy atom. The summed E-state index contributed by atoms with van der Waals surface area (Å²) in [5, 5.41) is 0. The second-order valence-corrected chi connectivity index (χ2v) is 7.79. The van der Waals surface area contributed by atoms with Gasteiger partial charge in [0, 0.05) is 30.7 Å². The number of hydrogen-bond donors (Lipinski definition) is 0. The number of pyridine rings is 2. The molecule has 1 saturated heterocycles. The van der Waals surface area contributed by atoms with Gasteiger partial charge < -0.3 is 9.47 Å². The van der Waals surface area contributed by atoms with Crippen LogP contribution in [0.2, 0.25) is 0 Å². The van der Waals surface area contributed by atoms with Crippen LogP contribution in [0.3, 0.4) is 0 Å². The summed E-state index contributed by atoms with van der Waals surface area (Å²) in [5.74, 6) is 1.05. The monoisotopic (exact) mass is 459 g/mol. The predicted octanol–water partition coefficient (Wildman–Crippen LogP) is 4.30. The molecule has 3 aromatic rings. The highest BCUT2D eigenvalue weighted by Gasteiger charge is 2.30. The van der Waals surface area contributed by atoms with Crippen molar-refractivity contribution < 1.29 is 22.6 Å². The van der Waals surface area contributed by atoms with Crippen molar-refractivity contribution in [3.63, 3.8) is 0 Å². The molecule has 0 N–H and O–H groups in total. The highest BCUT2D eigenvalue weighted by molar-refractivity contribution is 5.38. The highest BCUT2D eigenvalue weighted by Crippen LogP contribution is 2.28. The standard InChI is InChI=1S/C24H24F3N3O3/c25-24(26,27)18-3-4-19(28-16-18)17-33-22-9-12-30(23(31)15-22)20-5-7-21(8-6-20)32-14-13-29-10-1-2-11-29/h3-9,12,15-16H,1-2,10-11,13-14,17H2. The number of nitrogens with zero attached hydrogens (tertiary/aromatic N) is 3. The first-order valence-electron chi connectivity index (χ1n) is 10.7. The first kappa shape index (κ1) is 22.8. The van der Waals surface area contributed by atoms with E-state index in [4.69, 9.17) is 9.47 Å². The minimum absolute atomic E-state index is 0.0505. The predicted molar refractivity (Wildman–Crippen MR) is 117 cm³/mol. The quantitative estimate of drug-likeness (QED) is 0.503. The fourth-order valence-corrected chi connectivity index (χ4v) is 3.60. The fourth-order valence-electron chi connectivity index (χ4n) is 3.60. The SMILES string of the molecule is O=c1cc(OCc2ccc(C(F)(F)F)cn2)ccn1-c1ccc(OCCN2CCCC2)cc1. The van der Waals surface area contributed by atoms with Gasteiger partial charge in [-0.25, -0.2) is 0 Å². The Morgan fingerprint density at radius 2 is 1.70 bits per heavy atom. The Kier molecular flexibility index (Phi) is 6.98. The topological polar surface area (TPSA) is 56.6 Å². The largest absolute Gasteiger partial charge is 0.492 e. The van der Waals surface area contributed by atoms with Crippen LogP contribution in [-0.4, -0.2) is 40.7 Å². The van der Waals surface area contributed by atoms with Crippen LogP contribution in [0.25, 0.3) is 5.69 Å². The van der Waals surface area contributed by atoms with Gasteiger partial charge in [-0.05, 0) is 68.4 Å². The Hall–Kier alpha value is -3.33. The molecule has 9 heteroatoms. The summed E-state index contributed by atoms with van der Waals surface area (Å²) in [6, 6.07) is 12.4. The molecule has 1 aliphatic heterocycles. The number of hydrogen-bond acceptors (Lipinski definition) is 5. The molecule has 6 nitrogen and oxygen atoms in total. The van der Waals surface area contributed by atoms with Gasteiger partial charge in [-0.3, -0.25) is 19.2 Å². The molecular formula is C24H24F3N3O3. The Balaban J connectivity index is 1.32. The third-order valence-electron chi connectivity index (χ3n) is 5.42. The molecular weight excluding hydrogens is 435 g/mol.